The molecule has 11 heteroatoms. The number of nitrogens with one attached hydrogen (secondary N) is 2. The van der Waals surface area contributed by atoms with Crippen LogP contribution in [0.4, 0.5) is 13.2 Å². The first-order chi connectivity index (χ1) is 14.5. The highest BCUT2D eigenvalue weighted by Crippen LogP contribution is 2.29. The zero-order chi connectivity index (χ0) is 21.4. The van der Waals surface area contributed by atoms with Gasteiger partial charge < -0.3 is 15.2 Å². The number of hydrogen-bond donors (Lipinski definition) is 2. The zero-order valence-electron chi connectivity index (χ0n) is 16.7. The van der Waals surface area contributed by atoms with Crippen molar-refractivity contribution in [3.8, 4) is 11.6 Å². The highest BCUT2D eigenvalue weighted by atomic mass is 127. The summed E-state index contributed by atoms with van der Waals surface area (Å²) in [4.78, 5) is 12.8. The molecule has 0 unspecified atom stereocenters. The molecular formula is C20H22F3IN6O. The van der Waals surface area contributed by atoms with E-state index in [1.165, 1.54) is 6.07 Å². The van der Waals surface area contributed by atoms with Crippen LogP contribution in [0.3, 0.4) is 0 Å². The number of hydrogen-bond acceptors (Lipinski definition) is 5. The first-order valence-electron chi connectivity index (χ1n) is 9.38. The minimum Gasteiger partial charge on any atom is -0.357 e. The molecule has 0 aliphatic heterocycles. The zero-order valence-corrected chi connectivity index (χ0v) is 19.0. The molecule has 0 bridgehead atoms. The van der Waals surface area contributed by atoms with Gasteiger partial charge in [0.1, 0.15) is 5.69 Å². The second-order valence-electron chi connectivity index (χ2n) is 6.30. The molecule has 7 nitrogen and oxygen atoms in total. The maximum absolute atomic E-state index is 12.8. The third-order valence-corrected chi connectivity index (χ3v) is 4.01. The average molecular weight is 546 g/mol. The van der Waals surface area contributed by atoms with Crippen LogP contribution in [0.2, 0.25) is 0 Å². The molecule has 1 aromatic carbocycles. The Morgan fingerprint density at radius 2 is 1.97 bits per heavy atom. The number of aromatic nitrogens is 3. The number of halogens is 4. The molecule has 0 fully saturated rings. The van der Waals surface area contributed by atoms with Crippen LogP contribution in [-0.2, 0) is 19.1 Å². The van der Waals surface area contributed by atoms with Crippen LogP contribution in [0.25, 0.3) is 11.6 Å². The van der Waals surface area contributed by atoms with Gasteiger partial charge in [0.15, 0.2) is 11.8 Å². The molecule has 166 valence electrons. The predicted molar refractivity (Wildman–Crippen MR) is 121 cm³/mol. The van der Waals surface area contributed by atoms with Crippen LogP contribution in [0.5, 0.6) is 0 Å². The number of rotatable bonds is 7. The van der Waals surface area contributed by atoms with Crippen LogP contribution in [0.1, 0.15) is 23.9 Å². The molecule has 0 atom stereocenters. The second kappa shape index (κ2) is 11.6. The summed E-state index contributed by atoms with van der Waals surface area (Å²) in [5.74, 6) is 1.34. The third kappa shape index (κ3) is 7.49. The highest BCUT2D eigenvalue weighted by Gasteiger charge is 2.30. The third-order valence-electron chi connectivity index (χ3n) is 4.01. The fourth-order valence-corrected chi connectivity index (χ4v) is 2.60. The van der Waals surface area contributed by atoms with Gasteiger partial charge in [-0.25, -0.2) is 4.99 Å². The molecule has 3 rings (SSSR count). The molecule has 3 aromatic rings. The summed E-state index contributed by atoms with van der Waals surface area (Å²) < 4.78 is 43.7. The standard InChI is InChI=1S/C20H21F3N6O.HI/c1-2-24-19(27-13-14-6-5-7-15(12-14)20(21,22)23)26-11-9-17-28-18(30-29-17)16-8-3-4-10-25-16;/h3-8,10,12H,2,9,11,13H2,1H3,(H2,24,26,27);1H. The lowest BCUT2D eigenvalue weighted by molar-refractivity contribution is -0.137. The number of alkyl halides is 3. The Labute approximate surface area is 194 Å². The number of aliphatic imine (C=N–C) groups is 1. The van der Waals surface area contributed by atoms with Crippen LogP contribution < -0.4 is 10.6 Å². The van der Waals surface area contributed by atoms with E-state index in [1.54, 1.807) is 24.4 Å². The van der Waals surface area contributed by atoms with Gasteiger partial charge in [0.2, 0.25) is 0 Å². The lowest BCUT2D eigenvalue weighted by Gasteiger charge is -2.11. The van der Waals surface area contributed by atoms with E-state index in [4.69, 9.17) is 4.52 Å². The van der Waals surface area contributed by atoms with Crippen LogP contribution >= 0.6 is 24.0 Å². The van der Waals surface area contributed by atoms with Crippen molar-refractivity contribution in [1.82, 2.24) is 25.8 Å². The summed E-state index contributed by atoms with van der Waals surface area (Å²) >= 11 is 0. The fraction of sp³-hybridized carbons (Fsp3) is 0.300. The summed E-state index contributed by atoms with van der Waals surface area (Å²) in [6.07, 6.45) is -2.25. The van der Waals surface area contributed by atoms with Gasteiger partial charge in [-0.2, -0.15) is 18.2 Å². The Kier molecular flexibility index (Phi) is 9.21. The van der Waals surface area contributed by atoms with Gasteiger partial charge in [-0.3, -0.25) is 4.98 Å². The summed E-state index contributed by atoms with van der Waals surface area (Å²) in [5.41, 5.74) is 0.384. The first kappa shape index (κ1) is 24.6. The summed E-state index contributed by atoms with van der Waals surface area (Å²) in [6.45, 7) is 3.10. The molecule has 2 aromatic heterocycles. The monoisotopic (exact) mass is 546 g/mol. The number of guanidine groups is 1. The van der Waals surface area contributed by atoms with Crippen molar-refractivity contribution in [3.05, 3.63) is 65.6 Å². The maximum atomic E-state index is 12.8. The minimum atomic E-state index is -4.37. The van der Waals surface area contributed by atoms with E-state index in [9.17, 15) is 13.2 Å². The fourth-order valence-electron chi connectivity index (χ4n) is 2.60. The molecular weight excluding hydrogens is 524 g/mol. The molecule has 0 aliphatic carbocycles. The number of pyridine rings is 1. The van der Waals surface area contributed by atoms with Gasteiger partial charge >= 0.3 is 6.18 Å². The van der Waals surface area contributed by atoms with Crippen molar-refractivity contribution in [1.29, 1.82) is 0 Å². The van der Waals surface area contributed by atoms with Crippen LogP contribution in [0, 0.1) is 0 Å². The molecule has 0 aliphatic rings. The van der Waals surface area contributed by atoms with Gasteiger partial charge in [-0.15, -0.1) is 24.0 Å². The predicted octanol–water partition coefficient (Wildman–Crippen LogP) is 4.07. The van der Waals surface area contributed by atoms with Gasteiger partial charge in [-0.1, -0.05) is 23.4 Å². The van der Waals surface area contributed by atoms with E-state index in [0.717, 1.165) is 12.1 Å². The van der Waals surface area contributed by atoms with E-state index in [2.05, 4.69) is 30.8 Å². The Bertz CT molecular complexity index is 978. The van der Waals surface area contributed by atoms with Gasteiger partial charge in [0.05, 0.1) is 12.1 Å². The van der Waals surface area contributed by atoms with Gasteiger partial charge in [0, 0.05) is 25.7 Å². The Morgan fingerprint density at radius 3 is 2.68 bits per heavy atom. The van der Waals surface area contributed by atoms with Crippen molar-refractivity contribution in [2.45, 2.75) is 26.1 Å². The van der Waals surface area contributed by atoms with E-state index in [0.29, 0.717) is 48.4 Å². The Balaban J connectivity index is 0.00000341. The van der Waals surface area contributed by atoms with E-state index in [-0.39, 0.29) is 30.5 Å². The summed E-state index contributed by atoms with van der Waals surface area (Å²) in [6, 6.07) is 10.5. The Hall–Kier alpha value is -2.70. The van der Waals surface area contributed by atoms with E-state index < -0.39 is 11.7 Å². The maximum Gasteiger partial charge on any atom is 0.416 e. The molecule has 0 radical (unpaired) electrons. The largest absolute Gasteiger partial charge is 0.416 e. The van der Waals surface area contributed by atoms with Crippen molar-refractivity contribution >= 4 is 29.9 Å². The second-order valence-corrected chi connectivity index (χ2v) is 6.30. The summed E-state index contributed by atoms with van der Waals surface area (Å²) in [5, 5.41) is 10.1. The lowest BCUT2D eigenvalue weighted by Crippen LogP contribution is -2.38. The van der Waals surface area contributed by atoms with Crippen molar-refractivity contribution in [3.63, 3.8) is 0 Å². The normalized spacial score (nSPS) is 11.7. The van der Waals surface area contributed by atoms with E-state index in [1.807, 2.05) is 13.0 Å². The van der Waals surface area contributed by atoms with E-state index >= 15 is 0 Å². The van der Waals surface area contributed by atoms with Crippen molar-refractivity contribution in [2.24, 2.45) is 4.99 Å². The molecule has 0 saturated carbocycles. The minimum absolute atomic E-state index is 0. The molecule has 2 heterocycles. The number of benzene rings is 1. The SMILES string of the molecule is CCNC(=NCc1cccc(C(F)(F)F)c1)NCCc1noc(-c2ccccn2)n1.I. The average Bonchev–Trinajstić information content (AvgIpc) is 3.21. The van der Waals surface area contributed by atoms with Crippen LogP contribution in [0.15, 0.2) is 58.2 Å². The molecule has 0 amide bonds. The smallest absolute Gasteiger partial charge is 0.357 e. The number of nitrogens with zero attached hydrogens (tertiary/aromatic N) is 4. The van der Waals surface area contributed by atoms with Gasteiger partial charge in [-0.05, 0) is 36.8 Å². The van der Waals surface area contributed by atoms with Gasteiger partial charge in [0.25, 0.3) is 5.89 Å². The highest BCUT2D eigenvalue weighted by molar-refractivity contribution is 14.0. The van der Waals surface area contributed by atoms with Crippen molar-refractivity contribution in [2.75, 3.05) is 13.1 Å². The Morgan fingerprint density at radius 1 is 1.13 bits per heavy atom. The summed E-state index contributed by atoms with van der Waals surface area (Å²) in [7, 11) is 0. The quantitative estimate of drug-likeness (QED) is 0.264. The molecule has 31 heavy (non-hydrogen) atoms. The van der Waals surface area contributed by atoms with Crippen LogP contribution in [-0.4, -0.2) is 34.2 Å². The molecule has 0 saturated heterocycles. The lowest BCUT2D eigenvalue weighted by atomic mass is 10.1. The molecule has 0 spiro atoms. The first-order valence-corrected chi connectivity index (χ1v) is 9.38. The molecule has 2 N–H and O–H groups in total. The van der Waals surface area contributed by atoms with Crippen molar-refractivity contribution < 1.29 is 17.7 Å². The topological polar surface area (TPSA) is 88.2 Å².